The first kappa shape index (κ1) is 22.3. The fraction of sp³-hybridized carbons (Fsp3) is 0.333. The first-order valence-electron chi connectivity index (χ1n) is 9.72. The van der Waals surface area contributed by atoms with E-state index in [1.165, 1.54) is 11.2 Å². The van der Waals surface area contributed by atoms with E-state index < -0.39 is 10.0 Å². The van der Waals surface area contributed by atoms with Gasteiger partial charge in [-0.2, -0.15) is 4.31 Å². The van der Waals surface area contributed by atoms with Gasteiger partial charge in [-0.25, -0.2) is 8.42 Å². The molecule has 0 unspecified atom stereocenters. The van der Waals surface area contributed by atoms with Gasteiger partial charge in [0.1, 0.15) is 0 Å². The Morgan fingerprint density at radius 2 is 1.70 bits per heavy atom. The van der Waals surface area contributed by atoms with Gasteiger partial charge in [0.25, 0.3) is 0 Å². The fourth-order valence-electron chi connectivity index (χ4n) is 3.27. The zero-order chi connectivity index (χ0) is 21.7. The molecule has 0 aromatic heterocycles. The lowest BCUT2D eigenvalue weighted by molar-refractivity contribution is -0.116. The van der Waals surface area contributed by atoms with Gasteiger partial charge >= 0.3 is 0 Å². The van der Waals surface area contributed by atoms with Crippen molar-refractivity contribution in [2.24, 2.45) is 0 Å². The Kier molecular flexibility index (Phi) is 7.12. The SMILES string of the molecule is CC(=O)Nc1ccc(NC(=O)CCc2ccc(S(=O)(=O)N3CCCC3)cc2)c(Cl)c1. The number of nitrogens with one attached hydrogen (secondary N) is 2. The van der Waals surface area contributed by atoms with Crippen LogP contribution in [0, 0.1) is 0 Å². The van der Waals surface area contributed by atoms with E-state index in [2.05, 4.69) is 10.6 Å². The van der Waals surface area contributed by atoms with Gasteiger partial charge in [0.15, 0.2) is 0 Å². The normalized spacial score (nSPS) is 14.5. The summed E-state index contributed by atoms with van der Waals surface area (Å²) in [7, 11) is -3.43. The number of rotatable bonds is 7. The fourth-order valence-corrected chi connectivity index (χ4v) is 5.02. The summed E-state index contributed by atoms with van der Waals surface area (Å²) in [6.07, 6.45) is 2.48. The highest BCUT2D eigenvalue weighted by molar-refractivity contribution is 7.89. The quantitative estimate of drug-likeness (QED) is 0.674. The summed E-state index contributed by atoms with van der Waals surface area (Å²) in [5.41, 5.74) is 1.88. The number of carbonyl (C=O) groups is 2. The highest BCUT2D eigenvalue weighted by Crippen LogP contribution is 2.26. The molecule has 7 nitrogen and oxygen atoms in total. The van der Waals surface area contributed by atoms with Crippen LogP contribution >= 0.6 is 11.6 Å². The summed E-state index contributed by atoms with van der Waals surface area (Å²) in [6.45, 7) is 2.54. The lowest BCUT2D eigenvalue weighted by Gasteiger charge is -2.15. The number of amides is 2. The van der Waals surface area contributed by atoms with Crippen molar-refractivity contribution in [2.75, 3.05) is 23.7 Å². The predicted molar refractivity (Wildman–Crippen MR) is 117 cm³/mol. The van der Waals surface area contributed by atoms with Crippen LogP contribution in [0.3, 0.4) is 0 Å². The van der Waals surface area contributed by atoms with Gasteiger partial charge in [-0.05, 0) is 55.2 Å². The Bertz CT molecular complexity index is 1030. The molecule has 2 N–H and O–H groups in total. The standard InChI is InChI=1S/C21H24ClN3O4S/c1-15(26)23-17-7-10-20(19(22)14-17)24-21(27)11-6-16-4-8-18(9-5-16)30(28,29)25-12-2-3-13-25/h4-5,7-10,14H,2-3,6,11-13H2,1H3,(H,23,26)(H,24,27). The highest BCUT2D eigenvalue weighted by atomic mass is 35.5. The molecule has 0 spiro atoms. The Morgan fingerprint density at radius 3 is 2.30 bits per heavy atom. The van der Waals surface area contributed by atoms with E-state index in [4.69, 9.17) is 11.6 Å². The number of hydrogen-bond donors (Lipinski definition) is 2. The molecule has 3 rings (SSSR count). The lowest BCUT2D eigenvalue weighted by atomic mass is 10.1. The molecule has 1 saturated heterocycles. The maximum atomic E-state index is 12.6. The first-order chi connectivity index (χ1) is 14.3. The van der Waals surface area contributed by atoms with Crippen molar-refractivity contribution in [1.29, 1.82) is 0 Å². The van der Waals surface area contributed by atoms with Crippen molar-refractivity contribution in [3.63, 3.8) is 0 Å². The zero-order valence-electron chi connectivity index (χ0n) is 16.7. The number of aryl methyl sites for hydroxylation is 1. The Labute approximate surface area is 181 Å². The molecular formula is C21H24ClN3O4S. The van der Waals surface area contributed by atoms with E-state index in [-0.39, 0.29) is 23.1 Å². The largest absolute Gasteiger partial charge is 0.326 e. The van der Waals surface area contributed by atoms with E-state index in [0.29, 0.717) is 35.9 Å². The van der Waals surface area contributed by atoms with Gasteiger partial charge in [0, 0.05) is 32.1 Å². The summed E-state index contributed by atoms with van der Waals surface area (Å²) in [4.78, 5) is 23.6. The van der Waals surface area contributed by atoms with E-state index in [1.54, 1.807) is 42.5 Å². The van der Waals surface area contributed by atoms with Crippen LogP contribution in [-0.4, -0.2) is 37.6 Å². The predicted octanol–water partition coefficient (Wildman–Crippen LogP) is 3.65. The maximum absolute atomic E-state index is 12.6. The Morgan fingerprint density at radius 1 is 1.03 bits per heavy atom. The molecule has 1 aliphatic rings. The number of anilines is 2. The van der Waals surface area contributed by atoms with Crippen molar-refractivity contribution >= 4 is 44.8 Å². The van der Waals surface area contributed by atoms with Crippen molar-refractivity contribution in [1.82, 2.24) is 4.31 Å². The summed E-state index contributed by atoms with van der Waals surface area (Å²) >= 11 is 6.16. The van der Waals surface area contributed by atoms with Crippen LogP contribution in [0.1, 0.15) is 31.7 Å². The molecule has 0 aliphatic carbocycles. The zero-order valence-corrected chi connectivity index (χ0v) is 18.2. The molecule has 1 fully saturated rings. The van der Waals surface area contributed by atoms with Crippen LogP contribution in [0.5, 0.6) is 0 Å². The van der Waals surface area contributed by atoms with Crippen molar-refractivity contribution < 1.29 is 18.0 Å². The van der Waals surface area contributed by atoms with Gasteiger partial charge in [-0.15, -0.1) is 0 Å². The number of nitrogens with zero attached hydrogens (tertiary/aromatic N) is 1. The average Bonchev–Trinajstić information content (AvgIpc) is 3.24. The number of carbonyl (C=O) groups excluding carboxylic acids is 2. The monoisotopic (exact) mass is 449 g/mol. The van der Waals surface area contributed by atoms with Crippen LogP contribution < -0.4 is 10.6 Å². The first-order valence-corrected chi connectivity index (χ1v) is 11.5. The van der Waals surface area contributed by atoms with Gasteiger partial charge in [0.2, 0.25) is 21.8 Å². The Hall–Kier alpha value is -2.42. The molecule has 2 aromatic carbocycles. The van der Waals surface area contributed by atoms with Gasteiger partial charge < -0.3 is 10.6 Å². The number of hydrogen-bond acceptors (Lipinski definition) is 4. The molecule has 1 aliphatic heterocycles. The molecule has 2 aromatic rings. The van der Waals surface area contributed by atoms with Crippen molar-refractivity contribution in [3.05, 3.63) is 53.1 Å². The van der Waals surface area contributed by atoms with E-state index in [9.17, 15) is 18.0 Å². The molecule has 30 heavy (non-hydrogen) atoms. The molecule has 9 heteroatoms. The van der Waals surface area contributed by atoms with Crippen molar-refractivity contribution in [2.45, 2.75) is 37.5 Å². The molecule has 0 atom stereocenters. The van der Waals surface area contributed by atoms with Gasteiger partial charge in [0.05, 0.1) is 15.6 Å². The second-order valence-corrected chi connectivity index (χ2v) is 9.52. The third-order valence-electron chi connectivity index (χ3n) is 4.83. The minimum atomic E-state index is -3.43. The number of halogens is 1. The molecule has 1 heterocycles. The van der Waals surface area contributed by atoms with E-state index in [1.807, 2.05) is 0 Å². The van der Waals surface area contributed by atoms with Gasteiger partial charge in [-0.1, -0.05) is 23.7 Å². The minimum Gasteiger partial charge on any atom is -0.326 e. The second-order valence-electron chi connectivity index (χ2n) is 7.18. The third-order valence-corrected chi connectivity index (χ3v) is 7.06. The van der Waals surface area contributed by atoms with Crippen molar-refractivity contribution in [3.8, 4) is 0 Å². The van der Waals surface area contributed by atoms with Crippen LogP contribution in [0.25, 0.3) is 0 Å². The third kappa shape index (κ3) is 5.59. The van der Waals surface area contributed by atoms with Gasteiger partial charge in [-0.3, -0.25) is 9.59 Å². The Balaban J connectivity index is 1.55. The van der Waals surface area contributed by atoms with Crippen LogP contribution in [0.4, 0.5) is 11.4 Å². The molecule has 0 saturated carbocycles. The number of sulfonamides is 1. The maximum Gasteiger partial charge on any atom is 0.243 e. The van der Waals surface area contributed by atoms with E-state index in [0.717, 1.165) is 18.4 Å². The van der Waals surface area contributed by atoms with Crippen LogP contribution in [-0.2, 0) is 26.0 Å². The molecular weight excluding hydrogens is 426 g/mol. The summed E-state index contributed by atoms with van der Waals surface area (Å²) in [5, 5.41) is 5.70. The van der Waals surface area contributed by atoms with Crippen LogP contribution in [0.15, 0.2) is 47.4 Å². The highest BCUT2D eigenvalue weighted by Gasteiger charge is 2.26. The molecule has 0 radical (unpaired) electrons. The molecule has 160 valence electrons. The average molecular weight is 450 g/mol. The van der Waals surface area contributed by atoms with E-state index >= 15 is 0 Å². The van der Waals surface area contributed by atoms with Crippen LogP contribution in [0.2, 0.25) is 5.02 Å². The topological polar surface area (TPSA) is 95.6 Å². The number of benzene rings is 2. The second kappa shape index (κ2) is 9.59. The summed E-state index contributed by atoms with van der Waals surface area (Å²) in [6, 6.07) is 11.5. The smallest absolute Gasteiger partial charge is 0.243 e. The molecule has 0 bridgehead atoms. The summed E-state index contributed by atoms with van der Waals surface area (Å²) in [5.74, 6) is -0.417. The lowest BCUT2D eigenvalue weighted by Crippen LogP contribution is -2.27. The molecule has 2 amide bonds. The minimum absolute atomic E-state index is 0.206. The summed E-state index contributed by atoms with van der Waals surface area (Å²) < 4.78 is 26.6.